The summed E-state index contributed by atoms with van der Waals surface area (Å²) in [6, 6.07) is 16.3. The fourth-order valence-corrected chi connectivity index (χ4v) is 4.68. The molecule has 2 aliphatic rings. The molecule has 0 radical (unpaired) electrons. The molecule has 1 aliphatic carbocycles. The monoisotopic (exact) mass is 446 g/mol. The summed E-state index contributed by atoms with van der Waals surface area (Å²) in [7, 11) is 0. The number of anilines is 2. The van der Waals surface area contributed by atoms with Crippen LogP contribution in [0.4, 0.5) is 11.5 Å². The SMILES string of the molecule is CC1(C)CC(=O)C2=C(C1)Nc1c(C(=O)Nc3ccccc3)cnn1[C@@H]2c1ccc(Cl)cc1. The van der Waals surface area contributed by atoms with Gasteiger partial charge in [0.15, 0.2) is 5.78 Å². The highest BCUT2D eigenvalue weighted by Crippen LogP contribution is 2.46. The molecule has 0 saturated heterocycles. The van der Waals surface area contributed by atoms with Gasteiger partial charge in [-0.15, -0.1) is 0 Å². The predicted octanol–water partition coefficient (Wildman–Crippen LogP) is 5.45. The second-order valence-corrected chi connectivity index (χ2v) is 9.52. The average molecular weight is 447 g/mol. The number of carbonyl (C=O) groups excluding carboxylic acids is 2. The van der Waals surface area contributed by atoms with E-state index in [2.05, 4.69) is 29.6 Å². The van der Waals surface area contributed by atoms with Gasteiger partial charge in [0, 0.05) is 28.4 Å². The van der Waals surface area contributed by atoms with Crippen LogP contribution in [0.5, 0.6) is 0 Å². The third-order valence-corrected chi connectivity index (χ3v) is 6.22. The largest absolute Gasteiger partial charge is 0.343 e. The number of fused-ring (bicyclic) bond motifs is 1. The summed E-state index contributed by atoms with van der Waals surface area (Å²) in [5, 5.41) is 11.5. The number of Topliss-reactive ketones (excluding diaryl/α,β-unsaturated/α-hetero) is 1. The third kappa shape index (κ3) is 3.60. The van der Waals surface area contributed by atoms with Crippen LogP contribution in [0.15, 0.2) is 72.1 Å². The summed E-state index contributed by atoms with van der Waals surface area (Å²) in [6.07, 6.45) is 2.73. The van der Waals surface area contributed by atoms with E-state index in [4.69, 9.17) is 11.6 Å². The van der Waals surface area contributed by atoms with Gasteiger partial charge >= 0.3 is 0 Å². The molecule has 3 aromatic rings. The zero-order valence-corrected chi connectivity index (χ0v) is 18.6. The molecule has 0 spiro atoms. The van der Waals surface area contributed by atoms with E-state index < -0.39 is 6.04 Å². The van der Waals surface area contributed by atoms with Crippen molar-refractivity contribution in [1.29, 1.82) is 0 Å². The first-order valence-electron chi connectivity index (χ1n) is 10.5. The molecule has 2 aromatic carbocycles. The Hall–Kier alpha value is -3.38. The molecule has 7 heteroatoms. The van der Waals surface area contributed by atoms with Gasteiger partial charge in [0.05, 0.1) is 6.20 Å². The maximum absolute atomic E-state index is 13.2. The minimum atomic E-state index is -0.416. The van der Waals surface area contributed by atoms with Gasteiger partial charge in [-0.1, -0.05) is 55.8 Å². The van der Waals surface area contributed by atoms with Crippen LogP contribution in [0.25, 0.3) is 0 Å². The number of nitrogens with one attached hydrogen (secondary N) is 2. The molecule has 6 nitrogen and oxygen atoms in total. The molecular weight excluding hydrogens is 424 g/mol. The zero-order valence-electron chi connectivity index (χ0n) is 17.9. The van der Waals surface area contributed by atoms with Crippen molar-refractivity contribution in [3.8, 4) is 0 Å². The van der Waals surface area contributed by atoms with Crippen LogP contribution in [0.2, 0.25) is 5.02 Å². The Labute approximate surface area is 191 Å². The highest BCUT2D eigenvalue weighted by Gasteiger charge is 2.42. The summed E-state index contributed by atoms with van der Waals surface area (Å²) in [5.74, 6) is 0.424. The lowest BCUT2D eigenvalue weighted by Gasteiger charge is -2.39. The number of hydrogen-bond donors (Lipinski definition) is 2. The van der Waals surface area contributed by atoms with Crippen LogP contribution in [0.1, 0.15) is 48.7 Å². The quantitative estimate of drug-likeness (QED) is 0.561. The van der Waals surface area contributed by atoms with Crippen molar-refractivity contribution >= 4 is 34.8 Å². The molecule has 2 heterocycles. The Morgan fingerprint density at radius 1 is 1.12 bits per heavy atom. The van der Waals surface area contributed by atoms with E-state index in [1.165, 1.54) is 0 Å². The minimum absolute atomic E-state index is 0.0973. The summed E-state index contributed by atoms with van der Waals surface area (Å²) in [5.41, 5.74) is 3.43. The first-order chi connectivity index (χ1) is 15.3. The molecular formula is C25H23ClN4O2. The molecule has 2 N–H and O–H groups in total. The fourth-order valence-electron chi connectivity index (χ4n) is 4.55. The smallest absolute Gasteiger partial charge is 0.261 e. The van der Waals surface area contributed by atoms with Gasteiger partial charge in [0.25, 0.3) is 5.91 Å². The second-order valence-electron chi connectivity index (χ2n) is 9.08. The van der Waals surface area contributed by atoms with Gasteiger partial charge in [-0.25, -0.2) is 4.68 Å². The fraction of sp³-hybridized carbons (Fsp3) is 0.240. The average Bonchev–Trinajstić information content (AvgIpc) is 3.16. The molecule has 0 bridgehead atoms. The molecule has 162 valence electrons. The second kappa shape index (κ2) is 7.64. The highest BCUT2D eigenvalue weighted by atomic mass is 35.5. The van der Waals surface area contributed by atoms with Gasteiger partial charge in [0.1, 0.15) is 17.4 Å². The number of benzene rings is 2. The molecule has 5 rings (SSSR count). The molecule has 0 saturated carbocycles. The number of rotatable bonds is 3. The lowest BCUT2D eigenvalue weighted by Crippen LogP contribution is -2.36. The number of ketones is 1. The zero-order chi connectivity index (χ0) is 22.5. The van der Waals surface area contributed by atoms with Crippen molar-refractivity contribution in [2.75, 3.05) is 10.6 Å². The normalized spacial score (nSPS) is 19.1. The van der Waals surface area contributed by atoms with Crippen LogP contribution in [0.3, 0.4) is 0 Å². The molecule has 1 aliphatic heterocycles. The van der Waals surface area contributed by atoms with E-state index in [0.717, 1.165) is 11.3 Å². The van der Waals surface area contributed by atoms with E-state index in [9.17, 15) is 9.59 Å². The van der Waals surface area contributed by atoms with E-state index in [-0.39, 0.29) is 17.1 Å². The molecule has 0 unspecified atom stereocenters. The Morgan fingerprint density at radius 3 is 2.56 bits per heavy atom. The van der Waals surface area contributed by atoms with Crippen LogP contribution in [0, 0.1) is 5.41 Å². The molecule has 1 aromatic heterocycles. The van der Waals surface area contributed by atoms with Crippen molar-refractivity contribution in [3.05, 3.63) is 88.2 Å². The van der Waals surface area contributed by atoms with E-state index in [1.54, 1.807) is 10.9 Å². The van der Waals surface area contributed by atoms with Crippen LogP contribution < -0.4 is 10.6 Å². The van der Waals surface area contributed by atoms with E-state index in [1.807, 2.05) is 54.6 Å². The van der Waals surface area contributed by atoms with Crippen molar-refractivity contribution < 1.29 is 9.59 Å². The number of allylic oxidation sites excluding steroid dienone is 2. The number of amides is 1. The Morgan fingerprint density at radius 2 is 1.84 bits per heavy atom. The van der Waals surface area contributed by atoms with Crippen LogP contribution in [-0.4, -0.2) is 21.5 Å². The maximum Gasteiger partial charge on any atom is 0.261 e. The van der Waals surface area contributed by atoms with Gasteiger partial charge in [-0.3, -0.25) is 9.59 Å². The standard InChI is InChI=1S/C25H23ClN4O2/c1-25(2)12-19-21(20(31)13-25)22(15-8-10-16(26)11-9-15)30-23(29-19)18(14-27-30)24(32)28-17-6-4-3-5-7-17/h3-11,14,22,29H,12-13H2,1-2H3,(H,28,32)/t22-/m1/s1. The van der Waals surface area contributed by atoms with E-state index >= 15 is 0 Å². The molecule has 0 fully saturated rings. The minimum Gasteiger partial charge on any atom is -0.343 e. The molecule has 1 atom stereocenters. The summed E-state index contributed by atoms with van der Waals surface area (Å²) < 4.78 is 1.73. The van der Waals surface area contributed by atoms with Crippen molar-refractivity contribution in [2.45, 2.75) is 32.7 Å². The Bertz CT molecular complexity index is 1240. The lowest BCUT2D eigenvalue weighted by atomic mass is 9.73. The summed E-state index contributed by atoms with van der Waals surface area (Å²) in [4.78, 5) is 26.3. The predicted molar refractivity (Wildman–Crippen MR) is 125 cm³/mol. The van der Waals surface area contributed by atoms with Crippen LogP contribution >= 0.6 is 11.6 Å². The Kier molecular flexibility index (Phi) is 4.90. The topological polar surface area (TPSA) is 76.0 Å². The number of hydrogen-bond acceptors (Lipinski definition) is 4. The van der Waals surface area contributed by atoms with Crippen molar-refractivity contribution in [2.24, 2.45) is 5.41 Å². The lowest BCUT2D eigenvalue weighted by molar-refractivity contribution is -0.118. The van der Waals surface area contributed by atoms with Gasteiger partial charge in [-0.2, -0.15) is 5.10 Å². The van der Waals surface area contributed by atoms with Crippen molar-refractivity contribution in [1.82, 2.24) is 9.78 Å². The van der Waals surface area contributed by atoms with Gasteiger partial charge in [0.2, 0.25) is 0 Å². The Balaban J connectivity index is 1.60. The third-order valence-electron chi connectivity index (χ3n) is 5.96. The van der Waals surface area contributed by atoms with E-state index in [0.29, 0.717) is 40.5 Å². The summed E-state index contributed by atoms with van der Waals surface area (Å²) in [6.45, 7) is 4.17. The molecule has 32 heavy (non-hydrogen) atoms. The maximum atomic E-state index is 13.2. The number of carbonyl (C=O) groups is 2. The number of nitrogens with zero attached hydrogens (tertiary/aromatic N) is 2. The van der Waals surface area contributed by atoms with Gasteiger partial charge < -0.3 is 10.6 Å². The number of halogens is 1. The number of para-hydroxylation sites is 1. The molecule has 1 amide bonds. The van der Waals surface area contributed by atoms with Gasteiger partial charge in [-0.05, 0) is 41.7 Å². The summed E-state index contributed by atoms with van der Waals surface area (Å²) >= 11 is 6.11. The number of aromatic nitrogens is 2. The first kappa shape index (κ1) is 20.5. The first-order valence-corrected chi connectivity index (χ1v) is 10.9. The van der Waals surface area contributed by atoms with Crippen LogP contribution in [-0.2, 0) is 4.79 Å². The van der Waals surface area contributed by atoms with Crippen molar-refractivity contribution in [3.63, 3.8) is 0 Å². The highest BCUT2D eigenvalue weighted by molar-refractivity contribution is 6.30.